The topological polar surface area (TPSA) is 22.1 Å². The number of rotatable bonds is 2. The minimum Gasteiger partial charge on any atom is -0.494 e. The molecule has 0 saturated carbocycles. The average Bonchev–Trinajstić information content (AvgIpc) is 2.34. The fourth-order valence-electron chi connectivity index (χ4n) is 0.471. The Balaban J connectivity index is 2.85. The zero-order valence-electron chi connectivity index (χ0n) is 5.43. The Bertz CT molecular complexity index is 246. The van der Waals surface area contributed by atoms with E-state index in [0.29, 0.717) is 10.1 Å². The van der Waals surface area contributed by atoms with Crippen LogP contribution in [0.1, 0.15) is 5.01 Å². The highest BCUT2D eigenvalue weighted by Gasteiger charge is 2.02. The molecule has 1 aromatic heterocycles. The van der Waals surface area contributed by atoms with Crippen LogP contribution in [0.15, 0.2) is 12.8 Å². The fourth-order valence-corrected chi connectivity index (χ4v) is 1.33. The number of hydrogen-bond acceptors (Lipinski definition) is 3. The summed E-state index contributed by atoms with van der Waals surface area (Å²) in [7, 11) is 1.55. The number of methoxy groups -OCH3 is 1. The van der Waals surface area contributed by atoms with E-state index in [0.717, 1.165) is 5.01 Å². The third kappa shape index (κ3) is 1.49. The number of thiazole rings is 1. The van der Waals surface area contributed by atoms with Crippen molar-refractivity contribution in [3.05, 3.63) is 22.1 Å². The van der Waals surface area contributed by atoms with Crippen molar-refractivity contribution in [2.45, 2.75) is 0 Å². The van der Waals surface area contributed by atoms with Crippen molar-refractivity contribution in [3.63, 3.8) is 0 Å². The minimum absolute atomic E-state index is 0.553. The molecular weight excluding hydrogens is 170 g/mol. The van der Waals surface area contributed by atoms with Gasteiger partial charge in [-0.15, -0.1) is 0 Å². The first-order valence-corrected chi connectivity index (χ1v) is 3.78. The molecule has 54 valence electrons. The number of ether oxygens (including phenoxy) is 1. The van der Waals surface area contributed by atoms with Gasteiger partial charge in [0.1, 0.15) is 10.1 Å². The summed E-state index contributed by atoms with van der Waals surface area (Å²) in [5.41, 5.74) is 0. The molecule has 0 fully saturated rings. The van der Waals surface area contributed by atoms with Crippen molar-refractivity contribution in [3.8, 4) is 0 Å². The summed E-state index contributed by atoms with van der Waals surface area (Å²) in [5, 5.41) is 0.729. The van der Waals surface area contributed by atoms with Crippen molar-refractivity contribution in [1.82, 2.24) is 4.98 Å². The van der Waals surface area contributed by atoms with Crippen LogP contribution in [0.3, 0.4) is 0 Å². The van der Waals surface area contributed by atoms with Gasteiger partial charge in [0.25, 0.3) is 0 Å². The third-order valence-electron chi connectivity index (χ3n) is 0.962. The Hall–Kier alpha value is -0.540. The monoisotopic (exact) mass is 175 g/mol. The smallest absolute Gasteiger partial charge is 0.159 e. The van der Waals surface area contributed by atoms with Gasteiger partial charge in [-0.2, -0.15) is 0 Å². The third-order valence-corrected chi connectivity index (χ3v) is 2.12. The molecule has 0 aliphatic carbocycles. The van der Waals surface area contributed by atoms with Crippen molar-refractivity contribution in [2.75, 3.05) is 7.11 Å². The van der Waals surface area contributed by atoms with Crippen LogP contribution in [0.25, 0.3) is 5.76 Å². The highest BCUT2D eigenvalue weighted by atomic mass is 35.5. The standard InChI is InChI=1S/C6H6ClNOS/c1-4(9-2)6-8-3-5(7)10-6/h3H,1H2,2H3. The summed E-state index contributed by atoms with van der Waals surface area (Å²) >= 11 is 6.97. The summed E-state index contributed by atoms with van der Waals surface area (Å²) in [5.74, 6) is 0.553. The number of aromatic nitrogens is 1. The van der Waals surface area contributed by atoms with Crippen LogP contribution in [0, 0.1) is 0 Å². The van der Waals surface area contributed by atoms with Gasteiger partial charge >= 0.3 is 0 Å². The van der Waals surface area contributed by atoms with E-state index in [4.69, 9.17) is 16.3 Å². The number of halogens is 1. The SMILES string of the molecule is C=C(OC)c1ncc(Cl)s1. The molecule has 0 bridgehead atoms. The van der Waals surface area contributed by atoms with Gasteiger partial charge in [0, 0.05) is 0 Å². The predicted molar refractivity (Wildman–Crippen MR) is 43.2 cm³/mol. The van der Waals surface area contributed by atoms with E-state index in [9.17, 15) is 0 Å². The van der Waals surface area contributed by atoms with E-state index < -0.39 is 0 Å². The zero-order chi connectivity index (χ0) is 7.56. The van der Waals surface area contributed by atoms with Crippen LogP contribution in [0.5, 0.6) is 0 Å². The van der Waals surface area contributed by atoms with Gasteiger partial charge in [0.2, 0.25) is 0 Å². The summed E-state index contributed by atoms with van der Waals surface area (Å²) in [6.45, 7) is 3.62. The predicted octanol–water partition coefficient (Wildman–Crippen LogP) is 2.41. The lowest BCUT2D eigenvalue weighted by molar-refractivity contribution is 0.371. The van der Waals surface area contributed by atoms with Crippen LogP contribution < -0.4 is 0 Å². The lowest BCUT2D eigenvalue weighted by Gasteiger charge is -1.95. The molecule has 0 unspecified atom stereocenters. The molecule has 4 heteroatoms. The lowest BCUT2D eigenvalue weighted by atomic mass is 10.6. The molecule has 1 rings (SSSR count). The molecule has 0 amide bonds. The Morgan fingerprint density at radius 2 is 2.60 bits per heavy atom. The van der Waals surface area contributed by atoms with Gasteiger partial charge in [0.15, 0.2) is 5.01 Å². The second-order valence-electron chi connectivity index (χ2n) is 1.60. The molecule has 1 heterocycles. The van der Waals surface area contributed by atoms with Gasteiger partial charge in [-0.05, 0) is 0 Å². The molecule has 0 atom stereocenters. The quantitative estimate of drug-likeness (QED) is 0.644. The minimum atomic E-state index is 0.553. The first-order valence-electron chi connectivity index (χ1n) is 2.58. The average molecular weight is 176 g/mol. The molecule has 0 radical (unpaired) electrons. The molecule has 2 nitrogen and oxygen atoms in total. The normalized spacial score (nSPS) is 9.40. The van der Waals surface area contributed by atoms with E-state index in [1.54, 1.807) is 13.3 Å². The highest BCUT2D eigenvalue weighted by Crippen LogP contribution is 2.23. The molecule has 0 saturated heterocycles. The van der Waals surface area contributed by atoms with Gasteiger partial charge in [-0.3, -0.25) is 0 Å². The summed E-state index contributed by atoms with van der Waals surface area (Å²) in [6, 6.07) is 0. The van der Waals surface area contributed by atoms with Gasteiger partial charge in [0.05, 0.1) is 13.3 Å². The number of hydrogen-bond donors (Lipinski definition) is 0. The summed E-state index contributed by atoms with van der Waals surface area (Å²) < 4.78 is 5.49. The molecule has 0 aliphatic heterocycles. The molecule has 0 N–H and O–H groups in total. The van der Waals surface area contributed by atoms with Crippen LogP contribution >= 0.6 is 22.9 Å². The van der Waals surface area contributed by atoms with Crippen LogP contribution in [-0.4, -0.2) is 12.1 Å². The van der Waals surface area contributed by atoms with E-state index in [-0.39, 0.29) is 0 Å². The first-order chi connectivity index (χ1) is 4.74. The highest BCUT2D eigenvalue weighted by molar-refractivity contribution is 7.16. The van der Waals surface area contributed by atoms with Gasteiger partial charge in [-0.1, -0.05) is 29.5 Å². The molecule has 0 aromatic carbocycles. The Morgan fingerprint density at radius 1 is 1.90 bits per heavy atom. The maximum atomic E-state index is 5.62. The number of nitrogens with zero attached hydrogens (tertiary/aromatic N) is 1. The van der Waals surface area contributed by atoms with Gasteiger partial charge < -0.3 is 4.74 Å². The molecular formula is C6H6ClNOS. The second-order valence-corrected chi connectivity index (χ2v) is 3.26. The molecule has 1 aromatic rings. The van der Waals surface area contributed by atoms with Crippen molar-refractivity contribution < 1.29 is 4.74 Å². The van der Waals surface area contributed by atoms with E-state index >= 15 is 0 Å². The Morgan fingerprint density at radius 3 is 3.00 bits per heavy atom. The van der Waals surface area contributed by atoms with Gasteiger partial charge in [-0.25, -0.2) is 4.98 Å². The molecule has 0 aliphatic rings. The van der Waals surface area contributed by atoms with Crippen LogP contribution in [0.4, 0.5) is 0 Å². The fraction of sp³-hybridized carbons (Fsp3) is 0.167. The van der Waals surface area contributed by atoms with Crippen molar-refractivity contribution in [2.24, 2.45) is 0 Å². The Labute approximate surface area is 68.1 Å². The summed E-state index contributed by atoms with van der Waals surface area (Å²) in [6.07, 6.45) is 1.58. The Kier molecular flexibility index (Phi) is 2.29. The van der Waals surface area contributed by atoms with Crippen LogP contribution in [0.2, 0.25) is 4.34 Å². The first kappa shape index (κ1) is 7.57. The molecule has 0 spiro atoms. The second kappa shape index (κ2) is 3.03. The van der Waals surface area contributed by atoms with E-state index in [2.05, 4.69) is 11.6 Å². The van der Waals surface area contributed by atoms with Crippen molar-refractivity contribution in [1.29, 1.82) is 0 Å². The van der Waals surface area contributed by atoms with E-state index in [1.165, 1.54) is 11.3 Å². The van der Waals surface area contributed by atoms with E-state index in [1.807, 2.05) is 0 Å². The zero-order valence-corrected chi connectivity index (χ0v) is 7.00. The van der Waals surface area contributed by atoms with Crippen LogP contribution in [-0.2, 0) is 4.74 Å². The maximum Gasteiger partial charge on any atom is 0.159 e. The molecule has 10 heavy (non-hydrogen) atoms. The maximum absolute atomic E-state index is 5.62. The van der Waals surface area contributed by atoms with Crippen molar-refractivity contribution >= 4 is 28.7 Å². The summed E-state index contributed by atoms with van der Waals surface area (Å²) in [4.78, 5) is 3.95. The largest absolute Gasteiger partial charge is 0.494 e. The lowest BCUT2D eigenvalue weighted by Crippen LogP contribution is -1.81.